The van der Waals surface area contributed by atoms with E-state index >= 15 is 0 Å². The van der Waals surface area contributed by atoms with E-state index in [1.807, 2.05) is 13.8 Å². The van der Waals surface area contributed by atoms with Crippen LogP contribution in [0.15, 0.2) is 24.3 Å². The van der Waals surface area contributed by atoms with E-state index in [0.717, 1.165) is 0 Å². The fraction of sp³-hybridized carbons (Fsp3) is 0.583. The molecular formula is C24H35ClN4O5. The van der Waals surface area contributed by atoms with Crippen LogP contribution in [-0.4, -0.2) is 67.0 Å². The number of nitrogens with one attached hydrogen (secondary N) is 3. The summed E-state index contributed by atoms with van der Waals surface area (Å²) in [5.41, 5.74) is 0.312. The topological polar surface area (TPSA) is 117 Å². The van der Waals surface area contributed by atoms with E-state index in [1.165, 1.54) is 0 Å². The van der Waals surface area contributed by atoms with Crippen molar-refractivity contribution in [1.82, 2.24) is 20.9 Å². The van der Waals surface area contributed by atoms with Crippen LogP contribution in [0.3, 0.4) is 0 Å². The van der Waals surface area contributed by atoms with Gasteiger partial charge in [0.15, 0.2) is 0 Å². The molecule has 2 rings (SSSR count). The highest BCUT2D eigenvalue weighted by Gasteiger charge is 2.26. The largest absolute Gasteiger partial charge is 0.450 e. The van der Waals surface area contributed by atoms with E-state index in [1.54, 1.807) is 36.1 Å². The van der Waals surface area contributed by atoms with Gasteiger partial charge in [-0.2, -0.15) is 0 Å². The lowest BCUT2D eigenvalue weighted by atomic mass is 10.0. The van der Waals surface area contributed by atoms with E-state index in [-0.39, 0.29) is 36.3 Å². The molecule has 1 saturated heterocycles. The van der Waals surface area contributed by atoms with Gasteiger partial charge in [-0.1, -0.05) is 37.6 Å². The van der Waals surface area contributed by atoms with Crippen LogP contribution in [0.1, 0.15) is 56.8 Å². The molecule has 0 aliphatic carbocycles. The second-order valence-corrected chi connectivity index (χ2v) is 9.00. The van der Waals surface area contributed by atoms with Crippen LogP contribution in [0, 0.1) is 5.92 Å². The first kappa shape index (κ1) is 27.4. The van der Waals surface area contributed by atoms with Gasteiger partial charge in [-0.15, -0.1) is 0 Å². The molecule has 0 aromatic heterocycles. The van der Waals surface area contributed by atoms with Crippen LogP contribution >= 0.6 is 11.6 Å². The molecule has 4 amide bonds. The number of hydrogen-bond acceptors (Lipinski definition) is 5. The molecule has 1 unspecified atom stereocenters. The summed E-state index contributed by atoms with van der Waals surface area (Å²) in [5, 5.41) is 8.85. The maximum atomic E-state index is 12.6. The lowest BCUT2D eigenvalue weighted by Gasteiger charge is -2.31. The minimum absolute atomic E-state index is 0.0260. The Kier molecular flexibility index (Phi) is 11.1. The Morgan fingerprint density at radius 2 is 1.82 bits per heavy atom. The number of rotatable bonds is 10. The minimum Gasteiger partial charge on any atom is -0.450 e. The summed E-state index contributed by atoms with van der Waals surface area (Å²) < 4.78 is 5.00. The molecule has 0 bridgehead atoms. The van der Waals surface area contributed by atoms with Crippen LogP contribution < -0.4 is 16.0 Å². The molecule has 3 N–H and O–H groups in total. The van der Waals surface area contributed by atoms with Crippen LogP contribution in [-0.2, 0) is 14.3 Å². The first-order valence-electron chi connectivity index (χ1n) is 11.8. The van der Waals surface area contributed by atoms with E-state index in [2.05, 4.69) is 16.0 Å². The van der Waals surface area contributed by atoms with Gasteiger partial charge in [0.25, 0.3) is 5.91 Å². The molecule has 1 aliphatic rings. The van der Waals surface area contributed by atoms with E-state index in [0.29, 0.717) is 56.1 Å². The molecule has 34 heavy (non-hydrogen) atoms. The predicted octanol–water partition coefficient (Wildman–Crippen LogP) is 2.73. The number of piperidine rings is 1. The summed E-state index contributed by atoms with van der Waals surface area (Å²) in [4.78, 5) is 50.8. The number of amides is 4. The molecule has 1 aliphatic heterocycles. The molecule has 0 spiro atoms. The maximum Gasteiger partial charge on any atom is 0.409 e. The van der Waals surface area contributed by atoms with Gasteiger partial charge in [0.1, 0.15) is 6.04 Å². The number of carbonyl (C=O) groups is 4. The summed E-state index contributed by atoms with van der Waals surface area (Å²) in [6, 6.07) is 5.97. The fourth-order valence-corrected chi connectivity index (χ4v) is 3.91. The van der Waals surface area contributed by atoms with Crippen molar-refractivity contribution < 1.29 is 23.9 Å². The van der Waals surface area contributed by atoms with E-state index in [9.17, 15) is 19.2 Å². The van der Waals surface area contributed by atoms with Crippen molar-refractivity contribution >= 4 is 35.4 Å². The van der Waals surface area contributed by atoms with E-state index < -0.39 is 11.9 Å². The molecule has 188 valence electrons. The zero-order valence-electron chi connectivity index (χ0n) is 20.1. The van der Waals surface area contributed by atoms with Gasteiger partial charge in [-0.25, -0.2) is 4.79 Å². The normalized spacial score (nSPS) is 14.9. The highest BCUT2D eigenvalue weighted by Crippen LogP contribution is 2.16. The van der Waals surface area contributed by atoms with Crippen molar-refractivity contribution in [2.45, 2.75) is 58.5 Å². The van der Waals surface area contributed by atoms with Gasteiger partial charge < -0.3 is 25.6 Å². The second kappa shape index (κ2) is 13.8. The standard InChI is InChI=1S/C24H35ClN4O5/c1-4-34-24(33)29-14-11-17(12-15-29)27-20(30)10-7-13-26-23(32)21(16(2)3)28-22(31)18-8-5-6-9-19(18)25/h5-6,8-9,16-17,21H,4,7,10-15H2,1-3H3,(H,26,32)(H,27,30)(H,28,31). The molecule has 0 radical (unpaired) electrons. The summed E-state index contributed by atoms with van der Waals surface area (Å²) in [6.45, 7) is 7.23. The van der Waals surface area contributed by atoms with Crippen molar-refractivity contribution in [3.63, 3.8) is 0 Å². The quantitative estimate of drug-likeness (QED) is 0.432. The first-order valence-corrected chi connectivity index (χ1v) is 12.1. The number of nitrogens with zero attached hydrogens (tertiary/aromatic N) is 1. The molecule has 1 aromatic rings. The number of likely N-dealkylation sites (tertiary alicyclic amines) is 1. The Hall–Kier alpha value is -2.81. The van der Waals surface area contributed by atoms with Crippen LogP contribution in [0.25, 0.3) is 0 Å². The first-order chi connectivity index (χ1) is 16.2. The summed E-state index contributed by atoms with van der Waals surface area (Å²) in [5.74, 6) is -0.929. The Balaban J connectivity index is 1.70. The average molecular weight is 495 g/mol. The second-order valence-electron chi connectivity index (χ2n) is 8.60. The van der Waals surface area contributed by atoms with Crippen molar-refractivity contribution in [2.24, 2.45) is 5.92 Å². The van der Waals surface area contributed by atoms with Gasteiger partial charge in [0, 0.05) is 32.1 Å². The molecule has 1 aromatic carbocycles. The van der Waals surface area contributed by atoms with E-state index in [4.69, 9.17) is 16.3 Å². The number of halogens is 1. The van der Waals surface area contributed by atoms with Crippen LogP contribution in [0.5, 0.6) is 0 Å². The third kappa shape index (κ3) is 8.52. The lowest BCUT2D eigenvalue weighted by molar-refractivity contribution is -0.125. The highest BCUT2D eigenvalue weighted by atomic mass is 35.5. The third-order valence-electron chi connectivity index (χ3n) is 5.62. The Bertz CT molecular complexity index is 856. The maximum absolute atomic E-state index is 12.6. The molecular weight excluding hydrogens is 460 g/mol. The predicted molar refractivity (Wildman–Crippen MR) is 130 cm³/mol. The van der Waals surface area contributed by atoms with Crippen molar-refractivity contribution in [3.8, 4) is 0 Å². The minimum atomic E-state index is -0.720. The van der Waals surface area contributed by atoms with Crippen LogP contribution in [0.2, 0.25) is 5.02 Å². The molecule has 0 saturated carbocycles. The molecule has 1 fully saturated rings. The Morgan fingerprint density at radius 3 is 2.44 bits per heavy atom. The SMILES string of the molecule is CCOC(=O)N1CCC(NC(=O)CCCNC(=O)C(NC(=O)c2ccccc2Cl)C(C)C)CC1. The molecule has 1 atom stereocenters. The monoisotopic (exact) mass is 494 g/mol. The van der Waals surface area contributed by atoms with Gasteiger partial charge in [-0.3, -0.25) is 14.4 Å². The van der Waals surface area contributed by atoms with Gasteiger partial charge in [0.05, 0.1) is 17.2 Å². The molecule has 9 nitrogen and oxygen atoms in total. The summed E-state index contributed by atoms with van der Waals surface area (Å²) >= 11 is 6.08. The lowest BCUT2D eigenvalue weighted by Crippen LogP contribution is -2.50. The highest BCUT2D eigenvalue weighted by molar-refractivity contribution is 6.33. The third-order valence-corrected chi connectivity index (χ3v) is 5.95. The van der Waals surface area contributed by atoms with Crippen LogP contribution in [0.4, 0.5) is 4.79 Å². The average Bonchev–Trinajstić information content (AvgIpc) is 2.80. The number of benzene rings is 1. The fourth-order valence-electron chi connectivity index (χ4n) is 3.69. The number of hydrogen-bond donors (Lipinski definition) is 3. The van der Waals surface area contributed by atoms with Gasteiger partial charge in [-0.05, 0) is 44.2 Å². The molecule has 10 heteroatoms. The van der Waals surface area contributed by atoms with Crippen molar-refractivity contribution in [2.75, 3.05) is 26.2 Å². The number of carbonyl (C=O) groups excluding carboxylic acids is 4. The summed E-state index contributed by atoms with van der Waals surface area (Å²) in [6.07, 6.45) is 1.80. The Labute approximate surface area is 205 Å². The van der Waals surface area contributed by atoms with Crippen molar-refractivity contribution in [1.29, 1.82) is 0 Å². The number of ether oxygens (including phenoxy) is 1. The Morgan fingerprint density at radius 1 is 1.15 bits per heavy atom. The van der Waals surface area contributed by atoms with Gasteiger partial charge in [0.2, 0.25) is 11.8 Å². The molecule has 1 heterocycles. The zero-order chi connectivity index (χ0) is 25.1. The van der Waals surface area contributed by atoms with Crippen molar-refractivity contribution in [3.05, 3.63) is 34.9 Å². The summed E-state index contributed by atoms with van der Waals surface area (Å²) in [7, 11) is 0. The zero-order valence-corrected chi connectivity index (χ0v) is 20.8. The van der Waals surface area contributed by atoms with Gasteiger partial charge >= 0.3 is 6.09 Å². The smallest absolute Gasteiger partial charge is 0.409 e.